The number of aliphatic hydroxyl groups is 1. The fourth-order valence-corrected chi connectivity index (χ4v) is 2.77. The third-order valence-electron chi connectivity index (χ3n) is 3.72. The third-order valence-corrected chi connectivity index (χ3v) is 3.72. The topological polar surface area (TPSA) is 44.7 Å². The van der Waals surface area contributed by atoms with Crippen molar-refractivity contribution in [2.45, 2.75) is 25.5 Å². The third kappa shape index (κ3) is 5.35. The van der Waals surface area contributed by atoms with Gasteiger partial charge in [0.05, 0.1) is 0 Å². The first-order chi connectivity index (χ1) is 10.2. The van der Waals surface area contributed by atoms with Crippen LogP contribution in [0.25, 0.3) is 0 Å². The minimum Gasteiger partial charge on any atom is -0.434 e. The molecule has 0 spiro atoms. The van der Waals surface area contributed by atoms with E-state index in [0.717, 1.165) is 38.2 Å². The predicted molar refractivity (Wildman–Crippen MR) is 83.8 cm³/mol. The summed E-state index contributed by atoms with van der Waals surface area (Å²) in [6.45, 7) is 0.757. The number of aliphatic hydroxyl groups excluding tert-OH is 1. The van der Waals surface area contributed by atoms with E-state index in [2.05, 4.69) is 15.0 Å². The summed E-state index contributed by atoms with van der Waals surface area (Å²) >= 11 is 0. The molecule has 1 fully saturated rings. The van der Waals surface area contributed by atoms with Gasteiger partial charge in [0.25, 0.3) is 0 Å². The Hall–Kier alpha value is -0.950. The number of nitrogens with one attached hydrogen (secondary N) is 1. The monoisotopic (exact) mass is 336 g/mol. The van der Waals surface area contributed by atoms with Gasteiger partial charge in [0.1, 0.15) is 5.75 Å². The molecule has 126 valence electrons. The smallest absolute Gasteiger partial charge is 0.387 e. The fourth-order valence-electron chi connectivity index (χ4n) is 2.77. The van der Waals surface area contributed by atoms with E-state index in [-0.39, 0.29) is 30.8 Å². The van der Waals surface area contributed by atoms with Gasteiger partial charge >= 0.3 is 6.61 Å². The number of nitrogens with zero attached hydrogens (tertiary/aromatic N) is 1. The highest BCUT2D eigenvalue weighted by Crippen LogP contribution is 2.33. The average molecular weight is 337 g/mol. The van der Waals surface area contributed by atoms with Crippen molar-refractivity contribution in [1.82, 2.24) is 10.2 Å². The predicted octanol–water partition coefficient (Wildman–Crippen LogP) is 2.43. The van der Waals surface area contributed by atoms with Crippen LogP contribution in [0.3, 0.4) is 0 Å². The Balaban J connectivity index is 0.00000242. The molecule has 1 heterocycles. The molecule has 0 unspecified atom stereocenters. The standard InChI is InChI=1S/C15H22F2N2O2.ClH/c16-15(17)21-14-6-2-1-4-12(14)13(5-3-11-20)19-9-7-18-8-10-19;/h1-2,4,6,13,15,18,20H,3,5,7-11H2;1H/t13-;/m1./s1. The van der Waals surface area contributed by atoms with Crippen LogP contribution in [0.2, 0.25) is 0 Å². The number of alkyl halides is 2. The second-order valence-electron chi connectivity index (χ2n) is 5.08. The largest absolute Gasteiger partial charge is 0.434 e. The Morgan fingerprint density at radius 3 is 2.55 bits per heavy atom. The Morgan fingerprint density at radius 2 is 1.91 bits per heavy atom. The summed E-state index contributed by atoms with van der Waals surface area (Å²) in [5, 5.41) is 12.4. The molecule has 4 nitrogen and oxygen atoms in total. The van der Waals surface area contributed by atoms with Crippen molar-refractivity contribution in [3.8, 4) is 5.75 Å². The molecule has 1 atom stereocenters. The molecule has 0 radical (unpaired) electrons. The first-order valence-corrected chi connectivity index (χ1v) is 7.31. The molecule has 7 heteroatoms. The van der Waals surface area contributed by atoms with Gasteiger partial charge in [0, 0.05) is 44.4 Å². The maximum atomic E-state index is 12.6. The SMILES string of the molecule is Cl.OCCC[C@H](c1ccccc1OC(F)F)N1CCNCC1. The van der Waals surface area contributed by atoms with E-state index in [1.165, 1.54) is 0 Å². The molecule has 2 N–H and O–H groups in total. The summed E-state index contributed by atoms with van der Waals surface area (Å²) in [5.74, 6) is 0.231. The minimum absolute atomic E-state index is 0. The van der Waals surface area contributed by atoms with E-state index in [9.17, 15) is 8.78 Å². The fraction of sp³-hybridized carbons (Fsp3) is 0.600. The van der Waals surface area contributed by atoms with Crippen LogP contribution in [0.1, 0.15) is 24.4 Å². The Morgan fingerprint density at radius 1 is 1.23 bits per heavy atom. The Kier molecular flexibility index (Phi) is 8.63. The van der Waals surface area contributed by atoms with Crippen molar-refractivity contribution >= 4 is 12.4 Å². The number of hydrogen-bond donors (Lipinski definition) is 2. The highest BCUT2D eigenvalue weighted by Gasteiger charge is 2.25. The van der Waals surface area contributed by atoms with Gasteiger partial charge < -0.3 is 15.2 Å². The van der Waals surface area contributed by atoms with E-state index >= 15 is 0 Å². The maximum Gasteiger partial charge on any atom is 0.387 e. The Bertz CT molecular complexity index is 432. The molecule has 0 saturated carbocycles. The van der Waals surface area contributed by atoms with E-state index in [4.69, 9.17) is 5.11 Å². The maximum absolute atomic E-state index is 12.6. The van der Waals surface area contributed by atoms with Gasteiger partial charge in [-0.3, -0.25) is 4.90 Å². The van der Waals surface area contributed by atoms with Crippen LogP contribution in [0.5, 0.6) is 5.75 Å². The van der Waals surface area contributed by atoms with E-state index < -0.39 is 6.61 Å². The summed E-state index contributed by atoms with van der Waals surface area (Å²) in [6.07, 6.45) is 1.36. The summed E-state index contributed by atoms with van der Waals surface area (Å²) < 4.78 is 29.8. The summed E-state index contributed by atoms with van der Waals surface area (Å²) in [7, 11) is 0. The lowest BCUT2D eigenvalue weighted by Crippen LogP contribution is -2.45. The number of halogens is 3. The van der Waals surface area contributed by atoms with Crippen molar-refractivity contribution in [2.24, 2.45) is 0 Å². The molecule has 0 bridgehead atoms. The lowest BCUT2D eigenvalue weighted by molar-refractivity contribution is -0.0513. The van der Waals surface area contributed by atoms with Crippen molar-refractivity contribution < 1.29 is 18.6 Å². The van der Waals surface area contributed by atoms with E-state index in [1.807, 2.05) is 12.1 Å². The number of piperazine rings is 1. The molecular weight excluding hydrogens is 314 g/mol. The first-order valence-electron chi connectivity index (χ1n) is 7.31. The molecule has 1 aromatic rings. The van der Waals surface area contributed by atoms with Crippen molar-refractivity contribution in [1.29, 1.82) is 0 Å². The van der Waals surface area contributed by atoms with Crippen molar-refractivity contribution in [3.05, 3.63) is 29.8 Å². The zero-order valence-electron chi connectivity index (χ0n) is 12.4. The highest BCUT2D eigenvalue weighted by atomic mass is 35.5. The zero-order valence-corrected chi connectivity index (χ0v) is 13.2. The quantitative estimate of drug-likeness (QED) is 0.802. The number of rotatable bonds is 7. The zero-order chi connectivity index (χ0) is 15.1. The van der Waals surface area contributed by atoms with Crippen LogP contribution in [0, 0.1) is 0 Å². The molecule has 1 saturated heterocycles. The van der Waals surface area contributed by atoms with Crippen molar-refractivity contribution in [3.63, 3.8) is 0 Å². The van der Waals surface area contributed by atoms with E-state index in [0.29, 0.717) is 6.42 Å². The lowest BCUT2D eigenvalue weighted by Gasteiger charge is -2.36. The van der Waals surface area contributed by atoms with Crippen LogP contribution < -0.4 is 10.1 Å². The molecule has 0 aromatic heterocycles. The summed E-state index contributed by atoms with van der Waals surface area (Å²) in [4.78, 5) is 2.26. The Labute approximate surface area is 135 Å². The first kappa shape index (κ1) is 19.1. The lowest BCUT2D eigenvalue weighted by atomic mass is 9.98. The van der Waals surface area contributed by atoms with Gasteiger partial charge in [-0.05, 0) is 18.9 Å². The van der Waals surface area contributed by atoms with Gasteiger partial charge in [-0.2, -0.15) is 8.78 Å². The molecule has 22 heavy (non-hydrogen) atoms. The van der Waals surface area contributed by atoms with Gasteiger partial charge in [-0.15, -0.1) is 12.4 Å². The van der Waals surface area contributed by atoms with E-state index in [1.54, 1.807) is 12.1 Å². The minimum atomic E-state index is -2.83. The van der Waals surface area contributed by atoms with Gasteiger partial charge in [-0.1, -0.05) is 18.2 Å². The van der Waals surface area contributed by atoms with Crippen LogP contribution in [0.4, 0.5) is 8.78 Å². The summed E-state index contributed by atoms with van der Waals surface area (Å²) in [6, 6.07) is 6.94. The highest BCUT2D eigenvalue weighted by molar-refractivity contribution is 5.85. The molecule has 1 aliphatic rings. The number of para-hydroxylation sites is 1. The van der Waals surface area contributed by atoms with Crippen LogP contribution in [0.15, 0.2) is 24.3 Å². The molecule has 1 aliphatic heterocycles. The molecule has 2 rings (SSSR count). The molecule has 0 aliphatic carbocycles. The summed E-state index contributed by atoms with van der Waals surface area (Å²) in [5.41, 5.74) is 0.771. The van der Waals surface area contributed by atoms with Gasteiger partial charge in [-0.25, -0.2) is 0 Å². The molecule has 1 aromatic carbocycles. The average Bonchev–Trinajstić information content (AvgIpc) is 2.50. The van der Waals surface area contributed by atoms with Crippen LogP contribution in [-0.4, -0.2) is 49.4 Å². The van der Waals surface area contributed by atoms with Crippen LogP contribution >= 0.6 is 12.4 Å². The number of hydrogen-bond acceptors (Lipinski definition) is 4. The molecular formula is C15H23ClF2N2O2. The van der Waals surface area contributed by atoms with Gasteiger partial charge in [0.15, 0.2) is 0 Å². The van der Waals surface area contributed by atoms with Crippen molar-refractivity contribution in [2.75, 3.05) is 32.8 Å². The second kappa shape index (κ2) is 9.94. The molecule has 0 amide bonds. The normalized spacial score (nSPS) is 17.1. The number of ether oxygens (including phenoxy) is 1. The van der Waals surface area contributed by atoms with Gasteiger partial charge in [0.2, 0.25) is 0 Å². The van der Waals surface area contributed by atoms with Crippen LogP contribution in [-0.2, 0) is 0 Å². The number of benzene rings is 1. The second-order valence-corrected chi connectivity index (χ2v) is 5.08.